The van der Waals surface area contributed by atoms with E-state index < -0.39 is 15.3 Å². The van der Waals surface area contributed by atoms with Crippen molar-refractivity contribution in [1.29, 1.82) is 0 Å². The molecular formula is C17H23N3O4S. The molecule has 0 radical (unpaired) electrons. The summed E-state index contributed by atoms with van der Waals surface area (Å²) in [5.41, 5.74) is 0.833. The van der Waals surface area contributed by atoms with Crippen LogP contribution in [0.4, 0.5) is 0 Å². The van der Waals surface area contributed by atoms with Crippen molar-refractivity contribution < 1.29 is 17.6 Å². The standard InChI is InChI=1S/C17H23N3O4S/c1-12(2)25(21,22)20-10-8-14(9-11-20)17-19-18-16(24-17)13-4-6-15(23-3)7-5-13/h4-7,12,14H,8-11H2,1-3H3. The molecule has 0 atom stereocenters. The van der Waals surface area contributed by atoms with Gasteiger partial charge in [-0.2, -0.15) is 0 Å². The van der Waals surface area contributed by atoms with Crippen LogP contribution in [0.3, 0.4) is 0 Å². The number of sulfonamides is 1. The van der Waals surface area contributed by atoms with Crippen LogP contribution in [0.2, 0.25) is 0 Å². The summed E-state index contributed by atoms with van der Waals surface area (Å²) in [5, 5.41) is 7.89. The molecule has 2 heterocycles. The third-order valence-electron chi connectivity index (χ3n) is 4.54. The molecule has 0 N–H and O–H groups in total. The Morgan fingerprint density at radius 3 is 2.36 bits per heavy atom. The highest BCUT2D eigenvalue weighted by atomic mass is 32.2. The predicted molar refractivity (Wildman–Crippen MR) is 93.9 cm³/mol. The Morgan fingerprint density at radius 2 is 1.80 bits per heavy atom. The van der Waals surface area contributed by atoms with Crippen LogP contribution in [0.25, 0.3) is 11.5 Å². The number of nitrogens with zero attached hydrogens (tertiary/aromatic N) is 3. The van der Waals surface area contributed by atoms with Crippen molar-refractivity contribution >= 4 is 10.0 Å². The highest BCUT2D eigenvalue weighted by Crippen LogP contribution is 2.31. The normalized spacial score (nSPS) is 17.1. The lowest BCUT2D eigenvalue weighted by Crippen LogP contribution is -2.41. The van der Waals surface area contributed by atoms with E-state index in [1.54, 1.807) is 25.3 Å². The van der Waals surface area contributed by atoms with E-state index in [1.807, 2.05) is 24.3 Å². The zero-order chi connectivity index (χ0) is 18.0. The van der Waals surface area contributed by atoms with E-state index in [-0.39, 0.29) is 5.92 Å². The van der Waals surface area contributed by atoms with Gasteiger partial charge in [-0.05, 0) is 51.0 Å². The monoisotopic (exact) mass is 365 g/mol. The molecule has 0 aliphatic carbocycles. The van der Waals surface area contributed by atoms with Crippen LogP contribution < -0.4 is 4.74 Å². The molecule has 8 heteroatoms. The lowest BCUT2D eigenvalue weighted by atomic mass is 9.98. The minimum Gasteiger partial charge on any atom is -0.497 e. The summed E-state index contributed by atoms with van der Waals surface area (Å²) in [4.78, 5) is 0. The fourth-order valence-electron chi connectivity index (χ4n) is 2.91. The Balaban J connectivity index is 1.67. The van der Waals surface area contributed by atoms with Crippen molar-refractivity contribution in [2.24, 2.45) is 0 Å². The number of rotatable bonds is 5. The van der Waals surface area contributed by atoms with Gasteiger partial charge in [0.05, 0.1) is 12.4 Å². The van der Waals surface area contributed by atoms with E-state index in [2.05, 4.69) is 10.2 Å². The molecule has 0 saturated carbocycles. The van der Waals surface area contributed by atoms with Gasteiger partial charge in [-0.15, -0.1) is 10.2 Å². The molecule has 7 nitrogen and oxygen atoms in total. The van der Waals surface area contributed by atoms with Crippen molar-refractivity contribution in [1.82, 2.24) is 14.5 Å². The van der Waals surface area contributed by atoms with Crippen LogP contribution in [0.5, 0.6) is 5.75 Å². The maximum Gasteiger partial charge on any atom is 0.247 e. The topological polar surface area (TPSA) is 85.5 Å². The summed E-state index contributed by atoms with van der Waals surface area (Å²) < 4.78 is 37.0. The van der Waals surface area contributed by atoms with Crippen LogP contribution in [0, 0.1) is 0 Å². The first kappa shape index (κ1) is 17.9. The molecule has 2 aromatic rings. The SMILES string of the molecule is COc1ccc(-c2nnc(C3CCN(S(=O)(=O)C(C)C)CC3)o2)cc1. The Kier molecular flexibility index (Phi) is 5.10. The van der Waals surface area contributed by atoms with Gasteiger partial charge in [0, 0.05) is 24.6 Å². The first-order valence-electron chi connectivity index (χ1n) is 8.38. The molecule has 0 spiro atoms. The van der Waals surface area contributed by atoms with Crippen molar-refractivity contribution in [2.45, 2.75) is 37.9 Å². The number of benzene rings is 1. The molecule has 1 aliphatic heterocycles. The van der Waals surface area contributed by atoms with Gasteiger partial charge in [0.15, 0.2) is 0 Å². The van der Waals surface area contributed by atoms with Crippen molar-refractivity contribution in [3.63, 3.8) is 0 Å². The molecule has 1 saturated heterocycles. The lowest BCUT2D eigenvalue weighted by molar-refractivity contribution is 0.290. The number of aromatic nitrogens is 2. The zero-order valence-corrected chi connectivity index (χ0v) is 15.5. The average molecular weight is 365 g/mol. The van der Waals surface area contributed by atoms with Gasteiger partial charge in [0.1, 0.15) is 5.75 Å². The second-order valence-electron chi connectivity index (χ2n) is 6.44. The van der Waals surface area contributed by atoms with Gasteiger partial charge in [0.25, 0.3) is 0 Å². The fourth-order valence-corrected chi connectivity index (χ4v) is 4.22. The average Bonchev–Trinajstić information content (AvgIpc) is 3.12. The van der Waals surface area contributed by atoms with Crippen LogP contribution in [-0.2, 0) is 10.0 Å². The Hall–Kier alpha value is -1.93. The van der Waals surface area contributed by atoms with Crippen LogP contribution in [-0.4, -0.2) is 48.4 Å². The third kappa shape index (κ3) is 3.69. The van der Waals surface area contributed by atoms with E-state index in [4.69, 9.17) is 9.15 Å². The number of piperidine rings is 1. The maximum atomic E-state index is 12.2. The van der Waals surface area contributed by atoms with E-state index in [9.17, 15) is 8.42 Å². The summed E-state index contributed by atoms with van der Waals surface area (Å²) in [6, 6.07) is 7.42. The smallest absolute Gasteiger partial charge is 0.247 e. The maximum absolute atomic E-state index is 12.2. The molecule has 1 aromatic carbocycles. The largest absolute Gasteiger partial charge is 0.497 e. The number of hydrogen-bond donors (Lipinski definition) is 0. The van der Waals surface area contributed by atoms with E-state index in [1.165, 1.54) is 0 Å². The minimum atomic E-state index is -3.20. The van der Waals surface area contributed by atoms with Gasteiger partial charge in [-0.25, -0.2) is 12.7 Å². The van der Waals surface area contributed by atoms with Gasteiger partial charge < -0.3 is 9.15 Å². The van der Waals surface area contributed by atoms with Gasteiger partial charge in [-0.1, -0.05) is 0 Å². The Morgan fingerprint density at radius 1 is 1.16 bits per heavy atom. The Bertz CT molecular complexity index is 807. The summed E-state index contributed by atoms with van der Waals surface area (Å²) in [6.45, 7) is 4.40. The first-order valence-corrected chi connectivity index (χ1v) is 9.89. The van der Waals surface area contributed by atoms with Gasteiger partial charge in [-0.3, -0.25) is 0 Å². The lowest BCUT2D eigenvalue weighted by Gasteiger charge is -2.30. The van der Waals surface area contributed by atoms with Crippen molar-refractivity contribution in [2.75, 3.05) is 20.2 Å². The molecule has 25 heavy (non-hydrogen) atoms. The van der Waals surface area contributed by atoms with Crippen LogP contribution in [0.1, 0.15) is 38.5 Å². The molecule has 1 aliphatic rings. The summed E-state index contributed by atoms with van der Waals surface area (Å²) >= 11 is 0. The molecule has 1 fully saturated rings. The van der Waals surface area contributed by atoms with Gasteiger partial charge >= 0.3 is 0 Å². The first-order chi connectivity index (χ1) is 11.9. The quantitative estimate of drug-likeness (QED) is 0.810. The zero-order valence-electron chi connectivity index (χ0n) is 14.7. The number of methoxy groups -OCH3 is 1. The molecule has 0 amide bonds. The molecule has 0 bridgehead atoms. The third-order valence-corrected chi connectivity index (χ3v) is 6.81. The highest BCUT2D eigenvalue weighted by molar-refractivity contribution is 7.89. The number of hydrogen-bond acceptors (Lipinski definition) is 6. The summed E-state index contributed by atoms with van der Waals surface area (Å²) in [6.07, 6.45) is 1.38. The molecule has 1 aromatic heterocycles. The van der Waals surface area contributed by atoms with Crippen LogP contribution >= 0.6 is 0 Å². The fraction of sp³-hybridized carbons (Fsp3) is 0.529. The van der Waals surface area contributed by atoms with E-state index in [0.717, 1.165) is 11.3 Å². The van der Waals surface area contributed by atoms with E-state index >= 15 is 0 Å². The van der Waals surface area contributed by atoms with Crippen molar-refractivity contribution in [3.05, 3.63) is 30.2 Å². The summed E-state index contributed by atoms with van der Waals surface area (Å²) in [5.74, 6) is 1.91. The Labute approximate surface area is 148 Å². The van der Waals surface area contributed by atoms with E-state index in [0.29, 0.717) is 37.7 Å². The predicted octanol–water partition coefficient (Wildman–Crippen LogP) is 2.66. The molecule has 136 valence electrons. The number of ether oxygens (including phenoxy) is 1. The minimum absolute atomic E-state index is 0.0955. The second kappa shape index (κ2) is 7.13. The molecule has 0 unspecified atom stereocenters. The molecule has 3 rings (SSSR count). The van der Waals surface area contributed by atoms with Crippen molar-refractivity contribution in [3.8, 4) is 17.2 Å². The highest BCUT2D eigenvalue weighted by Gasteiger charge is 2.32. The second-order valence-corrected chi connectivity index (χ2v) is 8.93. The molecular weight excluding hydrogens is 342 g/mol. The van der Waals surface area contributed by atoms with Gasteiger partial charge in [0.2, 0.25) is 21.8 Å². The van der Waals surface area contributed by atoms with Crippen LogP contribution in [0.15, 0.2) is 28.7 Å². The summed E-state index contributed by atoms with van der Waals surface area (Å²) in [7, 11) is -1.58.